The maximum absolute atomic E-state index is 13.2. The third-order valence-corrected chi connectivity index (χ3v) is 4.51. The fourth-order valence-corrected chi connectivity index (χ4v) is 2.97. The van der Waals surface area contributed by atoms with Crippen LogP contribution in [0.3, 0.4) is 0 Å². The number of carboxylic acids is 1. The molecule has 0 aliphatic carbocycles. The first kappa shape index (κ1) is 20.3. The molecule has 3 rings (SSSR count). The van der Waals surface area contributed by atoms with Crippen LogP contribution in [0.25, 0.3) is 11.1 Å². The molecule has 8 nitrogen and oxygen atoms in total. The standard InChI is InChI=1S/C21H23N3O5/c1-12(2)17-9-16(19-13(3)23-29-20(19)22-17)21(27)24(4)10-14-5-7-15(8-6-14)28-11-18(25)26/h5-9,12H,10-11H2,1-4H3,(H,25,26). The molecular formula is C21H23N3O5. The lowest BCUT2D eigenvalue weighted by Crippen LogP contribution is -2.26. The van der Waals surface area contributed by atoms with Gasteiger partial charge in [-0.3, -0.25) is 4.79 Å². The van der Waals surface area contributed by atoms with Crippen LogP contribution in [-0.2, 0) is 11.3 Å². The zero-order chi connectivity index (χ0) is 21.1. The van der Waals surface area contributed by atoms with Gasteiger partial charge in [0.1, 0.15) is 5.75 Å². The van der Waals surface area contributed by atoms with E-state index < -0.39 is 12.6 Å². The van der Waals surface area contributed by atoms with Crippen LogP contribution in [0.2, 0.25) is 0 Å². The molecule has 1 N–H and O–H groups in total. The summed E-state index contributed by atoms with van der Waals surface area (Å²) in [7, 11) is 1.72. The second-order valence-electron chi connectivity index (χ2n) is 7.19. The zero-order valence-corrected chi connectivity index (χ0v) is 16.8. The minimum absolute atomic E-state index is 0.139. The first-order valence-corrected chi connectivity index (χ1v) is 9.22. The average Bonchev–Trinajstić information content (AvgIpc) is 3.07. The summed E-state index contributed by atoms with van der Waals surface area (Å²) < 4.78 is 10.4. The van der Waals surface area contributed by atoms with Crippen LogP contribution in [-0.4, -0.2) is 45.7 Å². The van der Waals surface area contributed by atoms with E-state index in [1.807, 2.05) is 13.8 Å². The molecule has 0 aliphatic heterocycles. The number of ether oxygens (including phenoxy) is 1. The van der Waals surface area contributed by atoms with E-state index in [0.29, 0.717) is 34.7 Å². The highest BCUT2D eigenvalue weighted by Gasteiger charge is 2.22. The Morgan fingerprint density at radius 2 is 1.93 bits per heavy atom. The maximum Gasteiger partial charge on any atom is 0.341 e. The van der Waals surface area contributed by atoms with Crippen molar-refractivity contribution in [3.05, 3.63) is 52.8 Å². The van der Waals surface area contributed by atoms with E-state index >= 15 is 0 Å². The number of aromatic nitrogens is 2. The van der Waals surface area contributed by atoms with Gasteiger partial charge in [-0.25, -0.2) is 9.78 Å². The molecule has 3 aromatic rings. The van der Waals surface area contributed by atoms with Gasteiger partial charge in [0, 0.05) is 19.3 Å². The molecule has 2 heterocycles. The molecule has 0 saturated heterocycles. The molecule has 0 unspecified atom stereocenters. The quantitative estimate of drug-likeness (QED) is 0.651. The first-order valence-electron chi connectivity index (χ1n) is 9.22. The van der Waals surface area contributed by atoms with Crippen LogP contribution >= 0.6 is 0 Å². The molecule has 152 valence electrons. The Hall–Kier alpha value is -3.42. The van der Waals surface area contributed by atoms with Crippen LogP contribution in [0, 0.1) is 6.92 Å². The molecule has 0 aliphatic rings. The highest BCUT2D eigenvalue weighted by atomic mass is 16.5. The number of benzene rings is 1. The Bertz CT molecular complexity index is 1040. The molecule has 0 atom stereocenters. The summed E-state index contributed by atoms with van der Waals surface area (Å²) in [6.45, 7) is 5.77. The van der Waals surface area contributed by atoms with E-state index in [4.69, 9.17) is 14.4 Å². The number of amides is 1. The van der Waals surface area contributed by atoms with Crippen molar-refractivity contribution in [1.29, 1.82) is 0 Å². The van der Waals surface area contributed by atoms with E-state index in [1.165, 1.54) is 0 Å². The van der Waals surface area contributed by atoms with Crippen LogP contribution in [0.5, 0.6) is 5.75 Å². The summed E-state index contributed by atoms with van der Waals surface area (Å²) in [5.74, 6) is -0.590. The topological polar surface area (TPSA) is 106 Å². The summed E-state index contributed by atoms with van der Waals surface area (Å²) in [4.78, 5) is 29.8. The van der Waals surface area contributed by atoms with E-state index in [1.54, 1.807) is 49.2 Å². The number of pyridine rings is 1. The number of aryl methyl sites for hydroxylation is 1. The monoisotopic (exact) mass is 397 g/mol. The lowest BCUT2D eigenvalue weighted by Gasteiger charge is -2.19. The second-order valence-corrected chi connectivity index (χ2v) is 7.19. The van der Waals surface area contributed by atoms with Crippen molar-refractivity contribution < 1.29 is 24.0 Å². The summed E-state index contributed by atoms with van der Waals surface area (Å²) in [5, 5.41) is 13.3. The molecule has 0 saturated carbocycles. The Balaban J connectivity index is 1.81. The van der Waals surface area contributed by atoms with Crippen molar-refractivity contribution in [3.8, 4) is 5.75 Å². The SMILES string of the molecule is Cc1noc2nc(C(C)C)cc(C(=O)N(C)Cc3ccc(OCC(=O)O)cc3)c12. The highest BCUT2D eigenvalue weighted by Crippen LogP contribution is 2.26. The molecule has 8 heteroatoms. The van der Waals surface area contributed by atoms with Crippen LogP contribution < -0.4 is 4.74 Å². The van der Waals surface area contributed by atoms with Gasteiger partial charge >= 0.3 is 5.97 Å². The molecule has 0 radical (unpaired) electrons. The molecule has 2 aromatic heterocycles. The number of aliphatic carboxylic acids is 1. The Labute approximate surface area is 168 Å². The van der Waals surface area contributed by atoms with Gasteiger partial charge in [-0.2, -0.15) is 0 Å². The Morgan fingerprint density at radius 3 is 2.55 bits per heavy atom. The largest absolute Gasteiger partial charge is 0.482 e. The number of carbonyl (C=O) groups is 2. The van der Waals surface area contributed by atoms with Crippen molar-refractivity contribution in [1.82, 2.24) is 15.0 Å². The van der Waals surface area contributed by atoms with Gasteiger partial charge in [0.15, 0.2) is 6.61 Å². The van der Waals surface area contributed by atoms with E-state index in [-0.39, 0.29) is 11.8 Å². The molecule has 1 aromatic carbocycles. The van der Waals surface area contributed by atoms with Gasteiger partial charge in [0.2, 0.25) is 0 Å². The molecular weight excluding hydrogens is 374 g/mol. The maximum atomic E-state index is 13.2. The summed E-state index contributed by atoms with van der Waals surface area (Å²) in [6, 6.07) is 8.77. The van der Waals surface area contributed by atoms with E-state index in [0.717, 1.165) is 11.3 Å². The van der Waals surface area contributed by atoms with Crippen LogP contribution in [0.15, 0.2) is 34.9 Å². The minimum atomic E-state index is -1.03. The Morgan fingerprint density at radius 1 is 1.24 bits per heavy atom. The number of rotatable bonds is 7. The van der Waals surface area contributed by atoms with Crippen molar-refractivity contribution in [2.75, 3.05) is 13.7 Å². The average molecular weight is 397 g/mol. The third-order valence-electron chi connectivity index (χ3n) is 4.51. The number of fused-ring (bicyclic) bond motifs is 1. The molecule has 0 fully saturated rings. The highest BCUT2D eigenvalue weighted by molar-refractivity contribution is 6.05. The number of carboxylic acid groups (broad SMARTS) is 1. The van der Waals surface area contributed by atoms with E-state index in [2.05, 4.69) is 10.1 Å². The molecule has 0 spiro atoms. The van der Waals surface area contributed by atoms with Gasteiger partial charge in [-0.1, -0.05) is 31.1 Å². The molecule has 0 bridgehead atoms. The van der Waals surface area contributed by atoms with Gasteiger partial charge in [-0.05, 0) is 36.6 Å². The summed E-state index contributed by atoms with van der Waals surface area (Å²) in [6.07, 6.45) is 0. The van der Waals surface area contributed by atoms with Gasteiger partial charge in [0.05, 0.1) is 16.6 Å². The van der Waals surface area contributed by atoms with Crippen molar-refractivity contribution in [2.24, 2.45) is 0 Å². The predicted octanol–water partition coefficient (Wildman–Crippen LogP) is 3.39. The Kier molecular flexibility index (Phi) is 5.81. The molecule has 1 amide bonds. The smallest absolute Gasteiger partial charge is 0.341 e. The minimum Gasteiger partial charge on any atom is -0.482 e. The van der Waals surface area contributed by atoms with Crippen molar-refractivity contribution in [3.63, 3.8) is 0 Å². The van der Waals surface area contributed by atoms with Crippen LogP contribution in [0.1, 0.15) is 47.1 Å². The number of hydrogen-bond acceptors (Lipinski definition) is 6. The van der Waals surface area contributed by atoms with Crippen molar-refractivity contribution >= 4 is 23.0 Å². The fourth-order valence-electron chi connectivity index (χ4n) is 2.97. The second kappa shape index (κ2) is 8.30. The van der Waals surface area contributed by atoms with Gasteiger partial charge in [0.25, 0.3) is 11.6 Å². The molecule has 29 heavy (non-hydrogen) atoms. The van der Waals surface area contributed by atoms with E-state index in [9.17, 15) is 9.59 Å². The third kappa shape index (κ3) is 4.53. The van der Waals surface area contributed by atoms with Gasteiger partial charge < -0.3 is 19.3 Å². The normalized spacial score (nSPS) is 11.1. The number of hydrogen-bond donors (Lipinski definition) is 1. The summed E-state index contributed by atoms with van der Waals surface area (Å²) >= 11 is 0. The lowest BCUT2D eigenvalue weighted by molar-refractivity contribution is -0.139. The van der Waals surface area contributed by atoms with Crippen molar-refractivity contribution in [2.45, 2.75) is 33.2 Å². The summed E-state index contributed by atoms with van der Waals surface area (Å²) in [5.41, 5.74) is 3.16. The predicted molar refractivity (Wildman–Crippen MR) is 106 cm³/mol. The lowest BCUT2D eigenvalue weighted by atomic mass is 10.0. The van der Waals surface area contributed by atoms with Crippen LogP contribution in [0.4, 0.5) is 0 Å². The number of nitrogens with zero attached hydrogens (tertiary/aromatic N) is 3. The zero-order valence-electron chi connectivity index (χ0n) is 16.8. The van der Waals surface area contributed by atoms with Gasteiger partial charge in [-0.15, -0.1) is 0 Å². The first-order chi connectivity index (χ1) is 13.8. The number of carbonyl (C=O) groups excluding carboxylic acids is 1. The fraction of sp³-hybridized carbons (Fsp3) is 0.333.